The normalized spacial score (nSPS) is 18.0. The Kier molecular flexibility index (Phi) is 3.85. The van der Waals surface area contributed by atoms with Gasteiger partial charge in [0.05, 0.1) is 0 Å². The number of para-hydroxylation sites is 1. The van der Waals surface area contributed by atoms with Crippen LogP contribution >= 0.6 is 0 Å². The molecule has 5 heteroatoms. The van der Waals surface area contributed by atoms with E-state index < -0.39 is 18.1 Å². The topological polar surface area (TPSA) is 78.4 Å². The minimum Gasteiger partial charge on any atom is -0.480 e. The molecule has 0 spiro atoms. The van der Waals surface area contributed by atoms with Crippen LogP contribution < -0.4 is 10.6 Å². The number of fused-ring (bicyclic) bond motifs is 1. The number of nitrogens with one attached hydrogen (secondary N) is 2. The lowest BCUT2D eigenvalue weighted by Crippen LogP contribution is -2.47. The van der Waals surface area contributed by atoms with Crippen LogP contribution in [0.15, 0.2) is 36.9 Å². The molecule has 19 heavy (non-hydrogen) atoms. The number of carbonyl (C=O) groups excluding carboxylic acids is 1. The third-order valence-corrected chi connectivity index (χ3v) is 3.10. The number of benzene rings is 1. The number of amides is 1. The van der Waals surface area contributed by atoms with Crippen molar-refractivity contribution in [3.63, 3.8) is 0 Å². The minimum atomic E-state index is -1.05. The fraction of sp³-hybridized carbons (Fsp3) is 0.286. The number of hydrogen-bond donors (Lipinski definition) is 3. The zero-order chi connectivity index (χ0) is 13.8. The van der Waals surface area contributed by atoms with Gasteiger partial charge in [0.25, 0.3) is 0 Å². The zero-order valence-corrected chi connectivity index (χ0v) is 10.4. The van der Waals surface area contributed by atoms with E-state index in [-0.39, 0.29) is 12.3 Å². The SMILES string of the molecule is C=CCC(NC(=O)C1Cc2ccccc2N1)C(=O)O. The lowest BCUT2D eigenvalue weighted by Gasteiger charge is -2.16. The van der Waals surface area contributed by atoms with Gasteiger partial charge in [-0.25, -0.2) is 4.79 Å². The number of carboxylic acid groups (broad SMARTS) is 1. The molecule has 5 nitrogen and oxygen atoms in total. The van der Waals surface area contributed by atoms with Crippen LogP contribution in [-0.2, 0) is 16.0 Å². The summed E-state index contributed by atoms with van der Waals surface area (Å²) < 4.78 is 0. The summed E-state index contributed by atoms with van der Waals surface area (Å²) in [6.07, 6.45) is 2.26. The first-order chi connectivity index (χ1) is 9.11. The Labute approximate surface area is 111 Å². The van der Waals surface area contributed by atoms with Gasteiger partial charge >= 0.3 is 5.97 Å². The Morgan fingerprint density at radius 2 is 2.26 bits per heavy atom. The smallest absolute Gasteiger partial charge is 0.326 e. The molecule has 0 aliphatic carbocycles. The summed E-state index contributed by atoms with van der Waals surface area (Å²) in [5.41, 5.74) is 2.00. The number of carbonyl (C=O) groups is 2. The van der Waals surface area contributed by atoms with Gasteiger partial charge in [-0.05, 0) is 18.1 Å². The molecule has 0 bridgehead atoms. The van der Waals surface area contributed by atoms with Crippen molar-refractivity contribution >= 4 is 17.6 Å². The third kappa shape index (κ3) is 2.93. The maximum atomic E-state index is 12.0. The van der Waals surface area contributed by atoms with Gasteiger partial charge in [-0.1, -0.05) is 24.3 Å². The maximum Gasteiger partial charge on any atom is 0.326 e. The number of rotatable bonds is 5. The van der Waals surface area contributed by atoms with Crippen molar-refractivity contribution in [1.29, 1.82) is 0 Å². The molecule has 2 unspecified atom stereocenters. The quantitative estimate of drug-likeness (QED) is 0.694. The van der Waals surface area contributed by atoms with Crippen LogP contribution in [0.4, 0.5) is 5.69 Å². The molecule has 3 N–H and O–H groups in total. The standard InChI is InChI=1S/C14H16N2O3/c1-2-5-11(14(18)19)16-13(17)12-8-9-6-3-4-7-10(9)15-12/h2-4,6-7,11-12,15H,1,5,8H2,(H,16,17)(H,18,19). The fourth-order valence-electron chi connectivity index (χ4n) is 2.12. The maximum absolute atomic E-state index is 12.0. The number of carboxylic acids is 1. The van der Waals surface area contributed by atoms with Gasteiger partial charge < -0.3 is 15.7 Å². The first-order valence-corrected chi connectivity index (χ1v) is 6.10. The second-order valence-corrected chi connectivity index (χ2v) is 4.48. The summed E-state index contributed by atoms with van der Waals surface area (Å²) >= 11 is 0. The first-order valence-electron chi connectivity index (χ1n) is 6.10. The molecular weight excluding hydrogens is 244 g/mol. The van der Waals surface area contributed by atoms with Gasteiger partial charge in [-0.3, -0.25) is 4.79 Å². The van der Waals surface area contributed by atoms with Gasteiger partial charge in [-0.15, -0.1) is 6.58 Å². The molecule has 0 radical (unpaired) electrons. The van der Waals surface area contributed by atoms with Crippen molar-refractivity contribution < 1.29 is 14.7 Å². The van der Waals surface area contributed by atoms with E-state index in [1.165, 1.54) is 6.08 Å². The van der Waals surface area contributed by atoms with E-state index in [9.17, 15) is 9.59 Å². The molecule has 0 saturated carbocycles. The highest BCUT2D eigenvalue weighted by Gasteiger charge is 2.29. The third-order valence-electron chi connectivity index (χ3n) is 3.10. The Morgan fingerprint density at radius 1 is 1.53 bits per heavy atom. The van der Waals surface area contributed by atoms with Crippen LogP contribution in [0.3, 0.4) is 0 Å². The van der Waals surface area contributed by atoms with E-state index in [0.717, 1.165) is 11.3 Å². The highest BCUT2D eigenvalue weighted by Crippen LogP contribution is 2.25. The van der Waals surface area contributed by atoms with Crippen molar-refractivity contribution in [3.8, 4) is 0 Å². The highest BCUT2D eigenvalue weighted by molar-refractivity contribution is 5.90. The van der Waals surface area contributed by atoms with Crippen molar-refractivity contribution in [3.05, 3.63) is 42.5 Å². The average molecular weight is 260 g/mol. The van der Waals surface area contributed by atoms with Crippen molar-refractivity contribution in [2.45, 2.75) is 24.9 Å². The molecule has 1 amide bonds. The molecule has 1 aromatic rings. The molecule has 100 valence electrons. The van der Waals surface area contributed by atoms with E-state index in [1.54, 1.807) is 0 Å². The number of anilines is 1. The Balaban J connectivity index is 1.99. The number of hydrogen-bond acceptors (Lipinski definition) is 3. The summed E-state index contributed by atoms with van der Waals surface area (Å²) in [4.78, 5) is 23.0. The average Bonchev–Trinajstić information content (AvgIpc) is 2.81. The number of aliphatic carboxylic acids is 1. The van der Waals surface area contributed by atoms with Gasteiger partial charge in [0.2, 0.25) is 5.91 Å². The van der Waals surface area contributed by atoms with Crippen LogP contribution in [0.5, 0.6) is 0 Å². The second kappa shape index (κ2) is 5.56. The van der Waals surface area contributed by atoms with Crippen molar-refractivity contribution in [1.82, 2.24) is 5.32 Å². The van der Waals surface area contributed by atoms with Gasteiger partial charge in [0, 0.05) is 12.1 Å². The van der Waals surface area contributed by atoms with Crippen molar-refractivity contribution in [2.24, 2.45) is 0 Å². The molecule has 2 rings (SSSR count). The molecule has 0 saturated heterocycles. The van der Waals surface area contributed by atoms with E-state index in [2.05, 4.69) is 17.2 Å². The van der Waals surface area contributed by atoms with E-state index >= 15 is 0 Å². The molecule has 1 heterocycles. The lowest BCUT2D eigenvalue weighted by molar-refractivity contribution is -0.141. The summed E-state index contributed by atoms with van der Waals surface area (Å²) in [5.74, 6) is -1.35. The highest BCUT2D eigenvalue weighted by atomic mass is 16.4. The molecular formula is C14H16N2O3. The summed E-state index contributed by atoms with van der Waals surface area (Å²) in [6, 6.07) is 6.33. The van der Waals surface area contributed by atoms with Gasteiger partial charge in [-0.2, -0.15) is 0 Å². The Hall–Kier alpha value is -2.30. The molecule has 1 aliphatic rings. The van der Waals surface area contributed by atoms with Crippen LogP contribution in [0.1, 0.15) is 12.0 Å². The predicted octanol–water partition coefficient (Wildman–Crippen LogP) is 1.17. The minimum absolute atomic E-state index is 0.209. The van der Waals surface area contributed by atoms with E-state index in [0.29, 0.717) is 6.42 Å². The van der Waals surface area contributed by atoms with Gasteiger partial charge in [0.1, 0.15) is 12.1 Å². The van der Waals surface area contributed by atoms with Crippen LogP contribution in [0, 0.1) is 0 Å². The monoisotopic (exact) mass is 260 g/mol. The molecule has 1 aromatic carbocycles. The Bertz CT molecular complexity index is 488. The van der Waals surface area contributed by atoms with Crippen LogP contribution in [0.2, 0.25) is 0 Å². The first kappa shape index (κ1) is 13.1. The molecule has 2 atom stereocenters. The van der Waals surface area contributed by atoms with Crippen molar-refractivity contribution in [2.75, 3.05) is 5.32 Å². The lowest BCUT2D eigenvalue weighted by atomic mass is 10.1. The van der Waals surface area contributed by atoms with Crippen LogP contribution in [0.25, 0.3) is 0 Å². The largest absolute Gasteiger partial charge is 0.480 e. The summed E-state index contributed by atoms with van der Waals surface area (Å²) in [6.45, 7) is 3.49. The second-order valence-electron chi connectivity index (χ2n) is 4.48. The molecule has 0 fully saturated rings. The van der Waals surface area contributed by atoms with E-state index in [4.69, 9.17) is 5.11 Å². The summed E-state index contributed by atoms with van der Waals surface area (Å²) in [5, 5.41) is 14.6. The zero-order valence-electron chi connectivity index (χ0n) is 10.4. The molecule has 0 aromatic heterocycles. The molecule has 1 aliphatic heterocycles. The fourth-order valence-corrected chi connectivity index (χ4v) is 2.12. The van der Waals surface area contributed by atoms with Crippen LogP contribution in [-0.4, -0.2) is 29.1 Å². The summed E-state index contributed by atoms with van der Waals surface area (Å²) in [7, 11) is 0. The van der Waals surface area contributed by atoms with E-state index in [1.807, 2.05) is 24.3 Å². The van der Waals surface area contributed by atoms with Gasteiger partial charge in [0.15, 0.2) is 0 Å². The predicted molar refractivity (Wildman–Crippen MR) is 71.9 cm³/mol. The Morgan fingerprint density at radius 3 is 2.89 bits per heavy atom.